The van der Waals surface area contributed by atoms with Crippen LogP contribution in [0, 0.1) is 0 Å². The van der Waals surface area contributed by atoms with Crippen molar-refractivity contribution in [1.82, 2.24) is 4.90 Å². The molecule has 108 valence electrons. The molecule has 1 aromatic rings. The van der Waals surface area contributed by atoms with E-state index in [9.17, 15) is 9.59 Å². The van der Waals surface area contributed by atoms with Gasteiger partial charge >= 0.3 is 5.97 Å². The molecule has 1 amide bonds. The number of carbonyl (C=O) groups excluding carboxylic acids is 2. The maximum absolute atomic E-state index is 12.4. The Morgan fingerprint density at radius 2 is 1.90 bits per heavy atom. The molecule has 2 rings (SSSR count). The third-order valence-electron chi connectivity index (χ3n) is 3.30. The molecule has 0 saturated carbocycles. The van der Waals surface area contributed by atoms with Crippen molar-refractivity contribution in [2.24, 2.45) is 0 Å². The smallest absolute Gasteiger partial charge is 0.331 e. The zero-order valence-corrected chi connectivity index (χ0v) is 11.7. The fourth-order valence-corrected chi connectivity index (χ4v) is 2.15. The van der Waals surface area contributed by atoms with E-state index < -0.39 is 12.0 Å². The molecule has 0 spiro atoms. The van der Waals surface area contributed by atoms with Gasteiger partial charge in [0.2, 0.25) is 0 Å². The predicted molar refractivity (Wildman–Crippen MR) is 70.4 cm³/mol. The maximum Gasteiger partial charge on any atom is 0.331 e. The molecule has 2 atom stereocenters. The van der Waals surface area contributed by atoms with Crippen LogP contribution in [0.25, 0.3) is 0 Å². The number of hydrogen-bond acceptors (Lipinski definition) is 5. The normalized spacial score (nSPS) is 21.6. The number of rotatable bonds is 3. The van der Waals surface area contributed by atoms with Gasteiger partial charge in [-0.05, 0) is 31.2 Å². The molecule has 1 aliphatic heterocycles. The minimum absolute atomic E-state index is 0.0752. The molecule has 6 nitrogen and oxygen atoms in total. The molecule has 1 aliphatic rings. The molecule has 1 saturated heterocycles. The number of amides is 1. The van der Waals surface area contributed by atoms with Crippen molar-refractivity contribution >= 4 is 11.9 Å². The quantitative estimate of drug-likeness (QED) is 0.774. The SMILES string of the molecule is COC(=O)[C@@H]1[C@@H](C)OCN1C(=O)c1ccc(OC)cc1. The lowest BCUT2D eigenvalue weighted by molar-refractivity contribution is -0.145. The maximum atomic E-state index is 12.4. The van der Waals surface area contributed by atoms with E-state index in [0.717, 1.165) is 0 Å². The van der Waals surface area contributed by atoms with Crippen molar-refractivity contribution in [2.75, 3.05) is 21.0 Å². The Bertz CT molecular complexity index is 499. The van der Waals surface area contributed by atoms with Crippen molar-refractivity contribution in [3.8, 4) is 5.75 Å². The van der Waals surface area contributed by atoms with Crippen LogP contribution < -0.4 is 4.74 Å². The first-order valence-electron chi connectivity index (χ1n) is 6.23. The Labute approximate surface area is 117 Å². The van der Waals surface area contributed by atoms with Gasteiger partial charge in [0.05, 0.1) is 20.3 Å². The van der Waals surface area contributed by atoms with Crippen LogP contribution in [0.4, 0.5) is 0 Å². The number of ether oxygens (including phenoxy) is 3. The first-order valence-corrected chi connectivity index (χ1v) is 6.23. The molecule has 1 aromatic carbocycles. The Morgan fingerprint density at radius 1 is 1.25 bits per heavy atom. The van der Waals surface area contributed by atoms with E-state index in [1.165, 1.54) is 12.0 Å². The molecule has 6 heteroatoms. The molecule has 0 unspecified atom stereocenters. The van der Waals surface area contributed by atoms with Crippen LogP contribution in [0.5, 0.6) is 5.75 Å². The van der Waals surface area contributed by atoms with Gasteiger partial charge in [0, 0.05) is 5.56 Å². The van der Waals surface area contributed by atoms with Crippen LogP contribution in [0.15, 0.2) is 24.3 Å². The minimum atomic E-state index is -0.713. The zero-order chi connectivity index (χ0) is 14.7. The lowest BCUT2D eigenvalue weighted by Gasteiger charge is -2.22. The molecule has 0 N–H and O–H groups in total. The highest BCUT2D eigenvalue weighted by Crippen LogP contribution is 2.22. The number of carbonyl (C=O) groups is 2. The van der Waals surface area contributed by atoms with E-state index in [0.29, 0.717) is 11.3 Å². The van der Waals surface area contributed by atoms with Gasteiger partial charge in [0.25, 0.3) is 5.91 Å². The van der Waals surface area contributed by atoms with E-state index in [-0.39, 0.29) is 18.7 Å². The van der Waals surface area contributed by atoms with Gasteiger partial charge in [0.1, 0.15) is 12.5 Å². The third kappa shape index (κ3) is 2.60. The number of methoxy groups -OCH3 is 2. The Kier molecular flexibility index (Phi) is 4.24. The van der Waals surface area contributed by atoms with Crippen molar-refractivity contribution in [1.29, 1.82) is 0 Å². The zero-order valence-electron chi connectivity index (χ0n) is 11.7. The van der Waals surface area contributed by atoms with E-state index in [4.69, 9.17) is 14.2 Å². The fraction of sp³-hybridized carbons (Fsp3) is 0.429. The summed E-state index contributed by atoms with van der Waals surface area (Å²) in [6, 6.07) is 5.98. The van der Waals surface area contributed by atoms with Crippen LogP contribution in [-0.4, -0.2) is 49.9 Å². The number of benzene rings is 1. The van der Waals surface area contributed by atoms with Gasteiger partial charge in [-0.2, -0.15) is 0 Å². The molecule has 0 aromatic heterocycles. The summed E-state index contributed by atoms with van der Waals surface area (Å²) in [6.45, 7) is 1.81. The van der Waals surface area contributed by atoms with Crippen LogP contribution in [0.2, 0.25) is 0 Å². The van der Waals surface area contributed by atoms with Crippen molar-refractivity contribution < 1.29 is 23.8 Å². The fourth-order valence-electron chi connectivity index (χ4n) is 2.15. The number of nitrogens with zero attached hydrogens (tertiary/aromatic N) is 1. The van der Waals surface area contributed by atoms with E-state index in [1.54, 1.807) is 38.3 Å². The van der Waals surface area contributed by atoms with Crippen LogP contribution in [-0.2, 0) is 14.3 Å². The van der Waals surface area contributed by atoms with E-state index in [2.05, 4.69) is 0 Å². The second-order valence-corrected chi connectivity index (χ2v) is 4.47. The summed E-state index contributed by atoms with van der Waals surface area (Å²) in [5.74, 6) is -0.0821. The summed E-state index contributed by atoms with van der Waals surface area (Å²) in [4.78, 5) is 25.5. The van der Waals surface area contributed by atoms with Gasteiger partial charge in [-0.3, -0.25) is 9.69 Å². The molecule has 0 bridgehead atoms. The summed E-state index contributed by atoms with van der Waals surface area (Å²) in [5, 5.41) is 0. The number of esters is 1. The monoisotopic (exact) mass is 279 g/mol. The first kappa shape index (κ1) is 14.3. The van der Waals surface area contributed by atoms with Crippen molar-refractivity contribution in [3.05, 3.63) is 29.8 Å². The predicted octanol–water partition coefficient (Wildman–Crippen LogP) is 1.06. The van der Waals surface area contributed by atoms with Gasteiger partial charge < -0.3 is 14.2 Å². The largest absolute Gasteiger partial charge is 0.497 e. The second kappa shape index (κ2) is 5.92. The molecular weight excluding hydrogens is 262 g/mol. The standard InChI is InChI=1S/C14H17NO5/c1-9-12(14(17)19-3)15(8-20-9)13(16)10-4-6-11(18-2)7-5-10/h4-7,9,12H,8H2,1-3H3/t9-,12+/m1/s1. The van der Waals surface area contributed by atoms with E-state index >= 15 is 0 Å². The Hall–Kier alpha value is -2.08. The molecule has 1 heterocycles. The highest BCUT2D eigenvalue weighted by molar-refractivity contribution is 5.97. The molecule has 0 radical (unpaired) electrons. The highest BCUT2D eigenvalue weighted by Gasteiger charge is 2.41. The van der Waals surface area contributed by atoms with E-state index in [1.807, 2.05) is 0 Å². The van der Waals surface area contributed by atoms with Gasteiger partial charge in [-0.1, -0.05) is 0 Å². The van der Waals surface area contributed by atoms with Crippen LogP contribution >= 0.6 is 0 Å². The molecular formula is C14H17NO5. The van der Waals surface area contributed by atoms with Gasteiger partial charge in [-0.25, -0.2) is 4.79 Å². The third-order valence-corrected chi connectivity index (χ3v) is 3.30. The first-order chi connectivity index (χ1) is 9.58. The average molecular weight is 279 g/mol. The summed E-state index contributed by atoms with van der Waals surface area (Å²) in [5.41, 5.74) is 0.470. The summed E-state index contributed by atoms with van der Waals surface area (Å²) in [7, 11) is 2.85. The van der Waals surface area contributed by atoms with Crippen LogP contribution in [0.1, 0.15) is 17.3 Å². The van der Waals surface area contributed by atoms with Gasteiger partial charge in [-0.15, -0.1) is 0 Å². The molecule has 20 heavy (non-hydrogen) atoms. The lowest BCUT2D eigenvalue weighted by atomic mass is 10.1. The molecule has 1 fully saturated rings. The van der Waals surface area contributed by atoms with Gasteiger partial charge in [0.15, 0.2) is 6.04 Å². The topological polar surface area (TPSA) is 65.1 Å². The minimum Gasteiger partial charge on any atom is -0.497 e. The summed E-state index contributed by atoms with van der Waals surface area (Å²) in [6.07, 6.45) is -0.385. The summed E-state index contributed by atoms with van der Waals surface area (Å²) >= 11 is 0. The molecule has 0 aliphatic carbocycles. The average Bonchev–Trinajstić information content (AvgIpc) is 2.87. The Balaban J connectivity index is 2.20. The number of hydrogen-bond donors (Lipinski definition) is 0. The van der Waals surface area contributed by atoms with Crippen LogP contribution in [0.3, 0.4) is 0 Å². The summed E-state index contributed by atoms with van der Waals surface area (Å²) < 4.78 is 15.1. The Morgan fingerprint density at radius 3 is 2.45 bits per heavy atom. The second-order valence-electron chi connectivity index (χ2n) is 4.47. The lowest BCUT2D eigenvalue weighted by Crippen LogP contribution is -2.45. The van der Waals surface area contributed by atoms with Crippen molar-refractivity contribution in [3.63, 3.8) is 0 Å². The highest BCUT2D eigenvalue weighted by atomic mass is 16.5. The van der Waals surface area contributed by atoms with Crippen molar-refractivity contribution in [2.45, 2.75) is 19.1 Å².